The number of nitrogens with one attached hydrogen (secondary N) is 2. The van der Waals surface area contributed by atoms with Crippen molar-refractivity contribution in [1.82, 2.24) is 10.2 Å². The summed E-state index contributed by atoms with van der Waals surface area (Å²) >= 11 is 4.69. The predicted octanol–water partition coefficient (Wildman–Crippen LogP) is 3.34. The summed E-state index contributed by atoms with van der Waals surface area (Å²) in [6.45, 7) is 3.09. The normalized spacial score (nSPS) is 18.0. The Morgan fingerprint density at radius 3 is 2.68 bits per heavy atom. The Morgan fingerprint density at radius 2 is 2.00 bits per heavy atom. The third-order valence-electron chi connectivity index (χ3n) is 4.16. The molecule has 25 heavy (non-hydrogen) atoms. The number of amides is 2. The van der Waals surface area contributed by atoms with Crippen LogP contribution in [0, 0.1) is 0 Å². The zero-order chi connectivity index (χ0) is 17.8. The van der Waals surface area contributed by atoms with Crippen LogP contribution in [0.1, 0.15) is 23.0 Å². The van der Waals surface area contributed by atoms with Gasteiger partial charge in [0, 0.05) is 24.8 Å². The second kappa shape index (κ2) is 8.01. The number of thiophene rings is 1. The smallest absolute Gasteiger partial charge is 0.262 e. The topological polar surface area (TPSA) is 61.4 Å². The summed E-state index contributed by atoms with van der Waals surface area (Å²) < 4.78 is 0.894. The van der Waals surface area contributed by atoms with Crippen LogP contribution in [-0.4, -0.2) is 41.9 Å². The molecule has 5 nitrogen and oxygen atoms in total. The lowest BCUT2D eigenvalue weighted by molar-refractivity contribution is -0.131. The van der Waals surface area contributed by atoms with Crippen LogP contribution in [0.25, 0.3) is 0 Å². The van der Waals surface area contributed by atoms with Gasteiger partial charge in [0.25, 0.3) is 5.91 Å². The molecule has 0 aliphatic carbocycles. The van der Waals surface area contributed by atoms with Gasteiger partial charge in [0.05, 0.1) is 8.66 Å². The minimum absolute atomic E-state index is 0.0404. The maximum Gasteiger partial charge on any atom is 0.262 e. The van der Waals surface area contributed by atoms with Crippen molar-refractivity contribution in [2.75, 3.05) is 18.4 Å². The lowest BCUT2D eigenvalue weighted by atomic mass is 10.2. The molecule has 1 aliphatic heterocycles. The Labute approximate surface area is 159 Å². The van der Waals surface area contributed by atoms with E-state index in [9.17, 15) is 9.59 Å². The molecule has 2 aromatic rings. The number of hydrogen-bond donors (Lipinski definition) is 2. The standard InChI is InChI=1S/C18H20BrN3O2S/c1-12(20-17(23)15-7-8-16(19)25-15)18(24)22-10-9-14(11-22)21-13-5-3-2-4-6-13/h2-8,12,14,21H,9-11H2,1H3,(H,20,23). The number of anilines is 1. The van der Waals surface area contributed by atoms with Crippen LogP contribution < -0.4 is 10.6 Å². The van der Waals surface area contributed by atoms with E-state index >= 15 is 0 Å². The maximum atomic E-state index is 12.6. The molecule has 0 spiro atoms. The number of para-hydroxylation sites is 1. The summed E-state index contributed by atoms with van der Waals surface area (Å²) in [7, 11) is 0. The Balaban J connectivity index is 1.52. The van der Waals surface area contributed by atoms with Crippen LogP contribution in [-0.2, 0) is 4.79 Å². The van der Waals surface area contributed by atoms with E-state index in [1.165, 1.54) is 11.3 Å². The molecule has 132 valence electrons. The van der Waals surface area contributed by atoms with Gasteiger partial charge in [-0.15, -0.1) is 11.3 Å². The number of benzene rings is 1. The number of carbonyl (C=O) groups excluding carboxylic acids is 2. The molecule has 0 saturated carbocycles. The molecule has 2 heterocycles. The molecule has 2 N–H and O–H groups in total. The number of hydrogen-bond acceptors (Lipinski definition) is 4. The van der Waals surface area contributed by atoms with Crippen molar-refractivity contribution in [3.05, 3.63) is 51.1 Å². The third kappa shape index (κ3) is 4.61. The number of carbonyl (C=O) groups is 2. The molecular weight excluding hydrogens is 402 g/mol. The van der Waals surface area contributed by atoms with Crippen LogP contribution in [0.5, 0.6) is 0 Å². The molecule has 1 aromatic heterocycles. The minimum atomic E-state index is -0.538. The molecule has 2 unspecified atom stereocenters. The predicted molar refractivity (Wildman–Crippen MR) is 104 cm³/mol. The SMILES string of the molecule is CC(NC(=O)c1ccc(Br)s1)C(=O)N1CCC(Nc2ccccc2)C1. The first-order valence-corrected chi connectivity index (χ1v) is 9.80. The fraction of sp³-hybridized carbons (Fsp3) is 0.333. The van der Waals surface area contributed by atoms with Gasteiger partial charge in [-0.25, -0.2) is 0 Å². The minimum Gasteiger partial charge on any atom is -0.380 e. The lowest BCUT2D eigenvalue weighted by Crippen LogP contribution is -2.46. The Morgan fingerprint density at radius 1 is 1.24 bits per heavy atom. The summed E-state index contributed by atoms with van der Waals surface area (Å²) in [6.07, 6.45) is 0.902. The first-order valence-electron chi connectivity index (χ1n) is 8.19. The van der Waals surface area contributed by atoms with Crippen molar-refractivity contribution in [2.45, 2.75) is 25.4 Å². The van der Waals surface area contributed by atoms with Gasteiger partial charge < -0.3 is 15.5 Å². The van der Waals surface area contributed by atoms with Crippen molar-refractivity contribution in [3.8, 4) is 0 Å². The van der Waals surface area contributed by atoms with E-state index in [0.29, 0.717) is 18.0 Å². The fourth-order valence-electron chi connectivity index (χ4n) is 2.89. The highest BCUT2D eigenvalue weighted by molar-refractivity contribution is 9.11. The number of halogens is 1. The van der Waals surface area contributed by atoms with Crippen LogP contribution in [0.15, 0.2) is 46.3 Å². The average Bonchev–Trinajstić information content (AvgIpc) is 3.24. The van der Waals surface area contributed by atoms with Crippen LogP contribution in [0.3, 0.4) is 0 Å². The molecule has 2 atom stereocenters. The summed E-state index contributed by atoms with van der Waals surface area (Å²) in [5.41, 5.74) is 1.06. The molecule has 0 bridgehead atoms. The van der Waals surface area contributed by atoms with E-state index in [-0.39, 0.29) is 17.9 Å². The van der Waals surface area contributed by atoms with Gasteiger partial charge in [-0.05, 0) is 53.5 Å². The fourth-order valence-corrected chi connectivity index (χ4v) is 4.18. The average molecular weight is 422 g/mol. The van der Waals surface area contributed by atoms with E-state index < -0.39 is 6.04 Å². The molecule has 1 aliphatic rings. The number of likely N-dealkylation sites (tertiary alicyclic amines) is 1. The molecule has 1 aromatic carbocycles. The van der Waals surface area contributed by atoms with Gasteiger partial charge in [0.15, 0.2) is 0 Å². The molecule has 1 fully saturated rings. The monoisotopic (exact) mass is 421 g/mol. The van der Waals surface area contributed by atoms with Gasteiger partial charge in [-0.2, -0.15) is 0 Å². The molecule has 2 amide bonds. The molecule has 1 saturated heterocycles. The summed E-state index contributed by atoms with van der Waals surface area (Å²) in [5, 5.41) is 6.24. The summed E-state index contributed by atoms with van der Waals surface area (Å²) in [4.78, 5) is 27.2. The second-order valence-electron chi connectivity index (χ2n) is 6.08. The van der Waals surface area contributed by atoms with Crippen LogP contribution >= 0.6 is 27.3 Å². The van der Waals surface area contributed by atoms with Crippen molar-refractivity contribution in [3.63, 3.8) is 0 Å². The number of nitrogens with zero attached hydrogens (tertiary/aromatic N) is 1. The van der Waals surface area contributed by atoms with Gasteiger partial charge in [0.1, 0.15) is 6.04 Å². The van der Waals surface area contributed by atoms with Crippen molar-refractivity contribution < 1.29 is 9.59 Å². The zero-order valence-corrected chi connectivity index (χ0v) is 16.3. The second-order valence-corrected chi connectivity index (χ2v) is 8.54. The van der Waals surface area contributed by atoms with E-state index in [0.717, 1.165) is 15.9 Å². The summed E-state index contributed by atoms with van der Waals surface area (Å²) in [6, 6.07) is 13.3. The van der Waals surface area contributed by atoms with Gasteiger partial charge >= 0.3 is 0 Å². The van der Waals surface area contributed by atoms with E-state index in [4.69, 9.17) is 0 Å². The Bertz CT molecular complexity index is 750. The van der Waals surface area contributed by atoms with Gasteiger partial charge in [-0.1, -0.05) is 18.2 Å². The highest BCUT2D eigenvalue weighted by atomic mass is 79.9. The van der Waals surface area contributed by atoms with Gasteiger partial charge in [0.2, 0.25) is 5.91 Å². The lowest BCUT2D eigenvalue weighted by Gasteiger charge is -2.22. The summed E-state index contributed by atoms with van der Waals surface area (Å²) in [5.74, 6) is -0.254. The third-order valence-corrected chi connectivity index (χ3v) is 5.78. The first kappa shape index (κ1) is 17.9. The highest BCUT2D eigenvalue weighted by Gasteiger charge is 2.29. The first-order chi connectivity index (χ1) is 12.0. The van der Waals surface area contributed by atoms with Crippen LogP contribution in [0.4, 0.5) is 5.69 Å². The van der Waals surface area contributed by atoms with Gasteiger partial charge in [-0.3, -0.25) is 9.59 Å². The van der Waals surface area contributed by atoms with E-state index in [2.05, 4.69) is 26.6 Å². The van der Waals surface area contributed by atoms with Crippen molar-refractivity contribution in [2.24, 2.45) is 0 Å². The van der Waals surface area contributed by atoms with Crippen molar-refractivity contribution >= 4 is 44.8 Å². The Hall–Kier alpha value is -1.86. The Kier molecular flexibility index (Phi) is 5.75. The molecular formula is C18H20BrN3O2S. The quantitative estimate of drug-likeness (QED) is 0.777. The molecule has 3 rings (SSSR count). The van der Waals surface area contributed by atoms with Crippen molar-refractivity contribution in [1.29, 1.82) is 0 Å². The molecule has 0 radical (unpaired) electrons. The highest BCUT2D eigenvalue weighted by Crippen LogP contribution is 2.22. The number of rotatable bonds is 5. The van der Waals surface area contributed by atoms with E-state index in [1.807, 2.05) is 41.3 Å². The zero-order valence-electron chi connectivity index (χ0n) is 13.9. The molecule has 7 heteroatoms. The largest absolute Gasteiger partial charge is 0.380 e. The van der Waals surface area contributed by atoms with E-state index in [1.54, 1.807) is 13.0 Å². The maximum absolute atomic E-state index is 12.6. The van der Waals surface area contributed by atoms with Crippen LogP contribution in [0.2, 0.25) is 0 Å².